The summed E-state index contributed by atoms with van der Waals surface area (Å²) in [6.45, 7) is 1.96. The van der Waals surface area contributed by atoms with E-state index in [2.05, 4.69) is 10.2 Å². The normalized spacial score (nSPS) is 10.7. The number of aryl methyl sites for hydroxylation is 2. The number of nitrogens with zero attached hydrogens (tertiary/aromatic N) is 4. The van der Waals surface area contributed by atoms with E-state index >= 15 is 0 Å². The van der Waals surface area contributed by atoms with Gasteiger partial charge in [-0.1, -0.05) is 9.61 Å². The van der Waals surface area contributed by atoms with Gasteiger partial charge in [0.1, 0.15) is 7.05 Å². The first-order valence-corrected chi connectivity index (χ1v) is 3.45. The highest BCUT2D eigenvalue weighted by Crippen LogP contribution is 1.94. The molecule has 0 saturated carbocycles. The first-order valence-electron chi connectivity index (χ1n) is 3.45. The molecule has 4 nitrogen and oxygen atoms in total. The molecular formula is C7H9N4+. The fourth-order valence-corrected chi connectivity index (χ4v) is 1.05. The Kier molecular flexibility index (Phi) is 1.15. The summed E-state index contributed by atoms with van der Waals surface area (Å²) >= 11 is 0. The molecule has 0 aliphatic heterocycles. The van der Waals surface area contributed by atoms with E-state index in [-0.39, 0.29) is 0 Å². The Morgan fingerprint density at radius 2 is 2.27 bits per heavy atom. The lowest BCUT2D eigenvalue weighted by Crippen LogP contribution is -2.30. The van der Waals surface area contributed by atoms with Crippen LogP contribution in [0.25, 0.3) is 5.65 Å². The van der Waals surface area contributed by atoms with Crippen molar-refractivity contribution in [2.75, 3.05) is 0 Å². The molecule has 0 unspecified atom stereocenters. The maximum atomic E-state index is 4.23. The summed E-state index contributed by atoms with van der Waals surface area (Å²) in [7, 11) is 1.90. The molecule has 0 radical (unpaired) electrons. The largest absolute Gasteiger partial charge is 0.328 e. The van der Waals surface area contributed by atoms with Crippen molar-refractivity contribution < 1.29 is 4.68 Å². The van der Waals surface area contributed by atoms with Crippen LogP contribution in [0.1, 0.15) is 5.69 Å². The van der Waals surface area contributed by atoms with Crippen molar-refractivity contribution in [3.8, 4) is 0 Å². The summed E-state index contributed by atoms with van der Waals surface area (Å²) in [5, 5.41) is 8.28. The maximum absolute atomic E-state index is 4.23. The number of fused-ring (bicyclic) bond motifs is 1. The summed E-state index contributed by atoms with van der Waals surface area (Å²) in [5.74, 6) is 0. The molecule has 0 amide bonds. The fraction of sp³-hybridized carbons (Fsp3) is 0.286. The second-order valence-corrected chi connectivity index (χ2v) is 2.53. The van der Waals surface area contributed by atoms with Crippen LogP contribution >= 0.6 is 0 Å². The number of hydrogen-bond acceptors (Lipinski definition) is 2. The lowest BCUT2D eigenvalue weighted by molar-refractivity contribution is -0.704. The van der Waals surface area contributed by atoms with Crippen LogP contribution in [0.15, 0.2) is 18.5 Å². The molecule has 0 N–H and O–H groups in total. The number of rotatable bonds is 0. The number of aromatic nitrogens is 4. The van der Waals surface area contributed by atoms with E-state index in [1.807, 2.05) is 26.1 Å². The van der Waals surface area contributed by atoms with Crippen LogP contribution in [-0.2, 0) is 7.05 Å². The second-order valence-electron chi connectivity index (χ2n) is 2.53. The molecule has 2 aromatic rings. The van der Waals surface area contributed by atoms with Crippen LogP contribution in [0.3, 0.4) is 0 Å². The minimum atomic E-state index is 0.996. The molecule has 0 aliphatic carbocycles. The quantitative estimate of drug-likeness (QED) is 0.489. The standard InChI is InChI=1S/C7H9N4/c1-6-3-4-7-10(2)8-5-11(7)9-6/h3-5H,1-2H3/q+1. The predicted molar refractivity (Wildman–Crippen MR) is 38.9 cm³/mol. The van der Waals surface area contributed by atoms with Crippen molar-refractivity contribution >= 4 is 5.65 Å². The van der Waals surface area contributed by atoms with Crippen LogP contribution < -0.4 is 4.68 Å². The molecule has 11 heavy (non-hydrogen) atoms. The van der Waals surface area contributed by atoms with Gasteiger partial charge in [-0.15, -0.1) is 4.68 Å². The Morgan fingerprint density at radius 3 is 3.09 bits per heavy atom. The van der Waals surface area contributed by atoms with Crippen molar-refractivity contribution in [2.24, 2.45) is 7.05 Å². The van der Waals surface area contributed by atoms with E-state index in [1.165, 1.54) is 0 Å². The third-order valence-electron chi connectivity index (χ3n) is 1.64. The minimum Gasteiger partial charge on any atom is -0.131 e. The van der Waals surface area contributed by atoms with Gasteiger partial charge < -0.3 is 0 Å². The SMILES string of the molecule is Cc1ccc2n(cn[n+]2C)n1. The predicted octanol–water partition coefficient (Wildman–Crippen LogP) is -0.138. The Bertz CT molecular complexity index is 390. The van der Waals surface area contributed by atoms with Crippen LogP contribution in [0.2, 0.25) is 0 Å². The molecular weight excluding hydrogens is 140 g/mol. The van der Waals surface area contributed by atoms with Gasteiger partial charge in [-0.3, -0.25) is 0 Å². The van der Waals surface area contributed by atoms with Crippen molar-refractivity contribution in [3.05, 3.63) is 24.2 Å². The highest BCUT2D eigenvalue weighted by atomic mass is 15.4. The van der Waals surface area contributed by atoms with Gasteiger partial charge in [-0.2, -0.15) is 0 Å². The third kappa shape index (κ3) is 0.869. The minimum absolute atomic E-state index is 0.996. The van der Waals surface area contributed by atoms with Gasteiger partial charge >= 0.3 is 5.65 Å². The second kappa shape index (κ2) is 2.02. The highest BCUT2D eigenvalue weighted by molar-refractivity contribution is 5.28. The molecule has 0 saturated heterocycles. The monoisotopic (exact) mass is 149 g/mol. The summed E-state index contributed by atoms with van der Waals surface area (Å²) < 4.78 is 3.54. The van der Waals surface area contributed by atoms with Crippen LogP contribution in [0.5, 0.6) is 0 Å². The summed E-state index contributed by atoms with van der Waals surface area (Å²) in [5.41, 5.74) is 1.99. The van der Waals surface area contributed by atoms with E-state index in [4.69, 9.17) is 0 Å². The molecule has 0 spiro atoms. The zero-order valence-corrected chi connectivity index (χ0v) is 6.52. The van der Waals surface area contributed by atoms with Crippen molar-refractivity contribution in [2.45, 2.75) is 6.92 Å². The third-order valence-corrected chi connectivity index (χ3v) is 1.64. The van der Waals surface area contributed by atoms with Crippen LogP contribution in [0, 0.1) is 6.92 Å². The average molecular weight is 149 g/mol. The smallest absolute Gasteiger partial charge is 0.131 e. The summed E-state index contributed by atoms with van der Waals surface area (Å²) in [4.78, 5) is 0. The number of hydrogen-bond donors (Lipinski definition) is 0. The van der Waals surface area contributed by atoms with Gasteiger partial charge in [0.25, 0.3) is 6.33 Å². The van der Waals surface area contributed by atoms with Gasteiger partial charge in [0.05, 0.1) is 5.69 Å². The van der Waals surface area contributed by atoms with Gasteiger partial charge in [0, 0.05) is 6.07 Å². The zero-order chi connectivity index (χ0) is 7.84. The Morgan fingerprint density at radius 1 is 1.45 bits per heavy atom. The van der Waals surface area contributed by atoms with Gasteiger partial charge in [-0.25, -0.2) is 0 Å². The molecule has 0 aliphatic rings. The van der Waals surface area contributed by atoms with E-state index in [0.717, 1.165) is 11.3 Å². The van der Waals surface area contributed by atoms with Gasteiger partial charge in [-0.05, 0) is 18.1 Å². The van der Waals surface area contributed by atoms with Crippen molar-refractivity contribution in [3.63, 3.8) is 0 Å². The van der Waals surface area contributed by atoms with Crippen molar-refractivity contribution in [1.29, 1.82) is 0 Å². The van der Waals surface area contributed by atoms with E-state index in [0.29, 0.717) is 0 Å². The highest BCUT2D eigenvalue weighted by Gasteiger charge is 2.06. The maximum Gasteiger partial charge on any atom is 0.328 e. The fourth-order valence-electron chi connectivity index (χ4n) is 1.05. The molecule has 0 fully saturated rings. The first-order chi connectivity index (χ1) is 5.27. The van der Waals surface area contributed by atoms with Gasteiger partial charge in [0.2, 0.25) is 0 Å². The Hall–Kier alpha value is -1.45. The molecule has 0 aromatic carbocycles. The molecule has 2 aromatic heterocycles. The molecule has 0 atom stereocenters. The summed E-state index contributed by atoms with van der Waals surface area (Å²) in [6.07, 6.45) is 1.70. The van der Waals surface area contributed by atoms with E-state index in [1.54, 1.807) is 15.5 Å². The molecule has 56 valence electrons. The first kappa shape index (κ1) is 6.27. The molecule has 4 heteroatoms. The van der Waals surface area contributed by atoms with Crippen LogP contribution in [-0.4, -0.2) is 14.7 Å². The topological polar surface area (TPSA) is 34.1 Å². The molecule has 0 bridgehead atoms. The van der Waals surface area contributed by atoms with E-state index < -0.39 is 0 Å². The van der Waals surface area contributed by atoms with Crippen molar-refractivity contribution in [1.82, 2.24) is 14.7 Å². The zero-order valence-electron chi connectivity index (χ0n) is 6.52. The van der Waals surface area contributed by atoms with Crippen LogP contribution in [0.4, 0.5) is 0 Å². The molecule has 2 rings (SSSR count). The average Bonchev–Trinajstić information content (AvgIpc) is 2.32. The lowest BCUT2D eigenvalue weighted by atomic mass is 10.4. The summed E-state index contributed by atoms with van der Waals surface area (Å²) in [6, 6.07) is 3.96. The molecule has 2 heterocycles. The Labute approximate surface area is 64.1 Å². The van der Waals surface area contributed by atoms with Gasteiger partial charge in [0.15, 0.2) is 0 Å². The lowest BCUT2D eigenvalue weighted by Gasteiger charge is -1.85. The Balaban J connectivity index is 2.86. The van der Waals surface area contributed by atoms with E-state index in [9.17, 15) is 0 Å².